The molecule has 2 aromatic carbocycles. The summed E-state index contributed by atoms with van der Waals surface area (Å²) in [5.74, 6) is -3.57. The van der Waals surface area contributed by atoms with E-state index in [4.69, 9.17) is 21.1 Å². The lowest BCUT2D eigenvalue weighted by Gasteiger charge is -2.31. The molecule has 0 aromatic heterocycles. The average Bonchev–Trinajstić information content (AvgIpc) is 2.89. The Hall–Kier alpha value is -3.48. The van der Waals surface area contributed by atoms with Crippen molar-refractivity contribution in [3.05, 3.63) is 68.7 Å². The van der Waals surface area contributed by atoms with Gasteiger partial charge in [0.25, 0.3) is 0 Å². The summed E-state index contributed by atoms with van der Waals surface area (Å²) in [6, 6.07) is 12.8. The summed E-state index contributed by atoms with van der Waals surface area (Å²) >= 11 is 7.39. The topological polar surface area (TPSA) is 118 Å². The van der Waals surface area contributed by atoms with Crippen LogP contribution in [-0.4, -0.2) is 37.3 Å². The molecule has 0 unspecified atom stereocenters. The zero-order valence-electron chi connectivity index (χ0n) is 21.0. The molecule has 37 heavy (non-hydrogen) atoms. The number of rotatable bonds is 9. The Morgan fingerprint density at radius 2 is 2.00 bits per heavy atom. The zero-order valence-corrected chi connectivity index (χ0v) is 22.6. The summed E-state index contributed by atoms with van der Waals surface area (Å²) in [7, 11) is 1.18. The minimum absolute atomic E-state index is 0.0576. The van der Waals surface area contributed by atoms with E-state index in [1.165, 1.54) is 7.11 Å². The van der Waals surface area contributed by atoms with Gasteiger partial charge in [0.15, 0.2) is 0 Å². The molecule has 10 heteroatoms. The highest BCUT2D eigenvalue weighted by molar-refractivity contribution is 8.03. The number of halogens is 1. The Bertz CT molecular complexity index is 1290. The van der Waals surface area contributed by atoms with Gasteiger partial charge in [-0.3, -0.25) is 14.4 Å². The Kier molecular flexibility index (Phi) is 9.61. The second kappa shape index (κ2) is 12.7. The number of thioether (sulfide) groups is 1. The van der Waals surface area contributed by atoms with E-state index in [9.17, 15) is 19.6 Å². The summed E-state index contributed by atoms with van der Waals surface area (Å²) in [6.45, 7) is 6.15. The number of methoxy groups -OCH3 is 1. The quantitative estimate of drug-likeness (QED) is 0.348. The van der Waals surface area contributed by atoms with Crippen LogP contribution in [0.4, 0.5) is 5.69 Å². The molecule has 1 heterocycles. The molecule has 2 atom stereocenters. The van der Waals surface area contributed by atoms with Gasteiger partial charge in [0, 0.05) is 11.6 Å². The van der Waals surface area contributed by atoms with Gasteiger partial charge in [0.2, 0.25) is 11.8 Å². The monoisotopic (exact) mass is 541 g/mol. The van der Waals surface area contributed by atoms with Gasteiger partial charge in [-0.25, -0.2) is 0 Å². The number of aryl methyl sites for hydroxylation is 2. The number of hydrogen-bond acceptors (Lipinski definition) is 7. The lowest BCUT2D eigenvalue weighted by molar-refractivity contribution is -0.150. The van der Waals surface area contributed by atoms with Gasteiger partial charge in [-0.05, 0) is 49.1 Å². The van der Waals surface area contributed by atoms with Crippen LogP contribution in [-0.2, 0) is 25.5 Å². The summed E-state index contributed by atoms with van der Waals surface area (Å²) in [6.07, 6.45) is 0.755. The summed E-state index contributed by atoms with van der Waals surface area (Å²) < 4.78 is 10.3. The van der Waals surface area contributed by atoms with Crippen LogP contribution in [0.25, 0.3) is 0 Å². The van der Waals surface area contributed by atoms with Crippen molar-refractivity contribution in [3.8, 4) is 11.8 Å². The molecule has 0 saturated carbocycles. The maximum absolute atomic E-state index is 13.0. The molecule has 1 aliphatic heterocycles. The number of nitrogens with zero attached hydrogens (tertiary/aromatic N) is 1. The molecule has 0 fully saturated rings. The molecular weight excluding hydrogens is 514 g/mol. The van der Waals surface area contributed by atoms with Crippen LogP contribution in [0.2, 0.25) is 5.02 Å². The first-order valence-corrected chi connectivity index (χ1v) is 13.1. The number of carbonyl (C=O) groups excluding carboxylic acids is 3. The summed E-state index contributed by atoms with van der Waals surface area (Å²) in [4.78, 5) is 38.5. The van der Waals surface area contributed by atoms with Gasteiger partial charge in [-0.15, -0.1) is 0 Å². The van der Waals surface area contributed by atoms with Gasteiger partial charge in [0.05, 0.1) is 41.2 Å². The van der Waals surface area contributed by atoms with Crippen molar-refractivity contribution in [2.24, 2.45) is 5.92 Å². The van der Waals surface area contributed by atoms with E-state index in [-0.39, 0.29) is 27.3 Å². The highest BCUT2D eigenvalue weighted by Gasteiger charge is 2.44. The smallest absolute Gasteiger partial charge is 0.319 e. The van der Waals surface area contributed by atoms with E-state index in [1.54, 1.807) is 18.2 Å². The normalized spacial score (nSPS) is 17.0. The summed E-state index contributed by atoms with van der Waals surface area (Å²) in [5, 5.41) is 16.1. The molecule has 8 nitrogen and oxygen atoms in total. The third-order valence-corrected chi connectivity index (χ3v) is 7.26. The zero-order chi connectivity index (χ0) is 27.1. The van der Waals surface area contributed by atoms with Crippen molar-refractivity contribution in [1.82, 2.24) is 5.32 Å². The number of benzene rings is 2. The number of allylic oxidation sites excluding steroid dienone is 1. The SMILES string of the molecule is CCOc1ccc([C@@H]2C(C#N)=C(SCC(=O)Nc3c(C)cccc3CC)NC(=O)[C@H]2C(=O)OC)cc1Cl. The van der Waals surface area contributed by atoms with Crippen LogP contribution in [0.15, 0.2) is 47.0 Å². The van der Waals surface area contributed by atoms with Crippen molar-refractivity contribution in [3.63, 3.8) is 0 Å². The maximum atomic E-state index is 13.0. The standard InChI is InChI=1S/C27H28ClN3O5S/c1-5-16-9-7-8-15(3)24(16)30-21(32)14-37-26-18(13-29)22(23(25(33)31-26)27(34)35-4)17-10-11-20(36-6-2)19(28)12-17/h7-12,22-23H,5-6,14H2,1-4H3,(H,30,32)(H,31,33)/t22-,23+/m1/s1. The van der Waals surface area contributed by atoms with Crippen LogP contribution >= 0.6 is 23.4 Å². The van der Waals surface area contributed by atoms with Crippen LogP contribution in [0, 0.1) is 24.2 Å². The molecule has 0 saturated heterocycles. The average molecular weight is 542 g/mol. The number of nitrogens with one attached hydrogen (secondary N) is 2. The van der Waals surface area contributed by atoms with Crippen LogP contribution in [0.5, 0.6) is 5.75 Å². The van der Waals surface area contributed by atoms with Crippen molar-refractivity contribution in [2.75, 3.05) is 24.8 Å². The molecule has 0 spiro atoms. The number of hydrogen-bond donors (Lipinski definition) is 2. The highest BCUT2D eigenvalue weighted by atomic mass is 35.5. The number of ether oxygens (including phenoxy) is 2. The maximum Gasteiger partial charge on any atom is 0.319 e. The van der Waals surface area contributed by atoms with Crippen molar-refractivity contribution < 1.29 is 23.9 Å². The van der Waals surface area contributed by atoms with Crippen molar-refractivity contribution in [2.45, 2.75) is 33.1 Å². The summed E-state index contributed by atoms with van der Waals surface area (Å²) in [5.41, 5.74) is 3.32. The molecule has 2 N–H and O–H groups in total. The van der Waals surface area contributed by atoms with E-state index >= 15 is 0 Å². The van der Waals surface area contributed by atoms with Crippen molar-refractivity contribution in [1.29, 1.82) is 5.26 Å². The van der Waals surface area contributed by atoms with Crippen LogP contribution in [0.3, 0.4) is 0 Å². The van der Waals surface area contributed by atoms with Crippen LogP contribution < -0.4 is 15.4 Å². The van der Waals surface area contributed by atoms with E-state index in [2.05, 4.69) is 16.7 Å². The molecule has 1 aliphatic rings. The fourth-order valence-electron chi connectivity index (χ4n) is 4.18. The Morgan fingerprint density at radius 1 is 1.24 bits per heavy atom. The number of nitriles is 1. The van der Waals surface area contributed by atoms with Gasteiger partial charge in [-0.2, -0.15) is 5.26 Å². The first-order valence-electron chi connectivity index (χ1n) is 11.7. The van der Waals surface area contributed by atoms with Gasteiger partial charge < -0.3 is 20.1 Å². The molecule has 0 aliphatic carbocycles. The molecule has 3 rings (SSSR count). The number of amides is 2. The predicted octanol–water partition coefficient (Wildman–Crippen LogP) is 4.72. The van der Waals surface area contributed by atoms with E-state index in [0.717, 1.165) is 35.0 Å². The molecule has 0 bridgehead atoms. The van der Waals surface area contributed by atoms with E-state index in [1.807, 2.05) is 39.0 Å². The largest absolute Gasteiger partial charge is 0.492 e. The van der Waals surface area contributed by atoms with Gasteiger partial charge in [-0.1, -0.05) is 54.6 Å². The van der Waals surface area contributed by atoms with Gasteiger partial charge >= 0.3 is 5.97 Å². The first kappa shape index (κ1) is 28.1. The number of carbonyl (C=O) groups is 3. The van der Waals surface area contributed by atoms with Crippen LogP contribution in [0.1, 0.15) is 36.5 Å². The third-order valence-electron chi connectivity index (χ3n) is 5.95. The lowest BCUT2D eigenvalue weighted by atomic mass is 9.78. The van der Waals surface area contributed by atoms with E-state index in [0.29, 0.717) is 17.9 Å². The van der Waals surface area contributed by atoms with Crippen molar-refractivity contribution >= 4 is 46.8 Å². The third kappa shape index (κ3) is 6.27. The fourth-order valence-corrected chi connectivity index (χ4v) is 5.27. The molecule has 2 aromatic rings. The predicted molar refractivity (Wildman–Crippen MR) is 143 cm³/mol. The Balaban J connectivity index is 1.94. The second-order valence-corrected chi connectivity index (χ2v) is 9.64. The fraction of sp³-hybridized carbons (Fsp3) is 0.333. The number of anilines is 1. The molecule has 2 amide bonds. The second-order valence-electron chi connectivity index (χ2n) is 8.24. The minimum Gasteiger partial charge on any atom is -0.492 e. The lowest BCUT2D eigenvalue weighted by Crippen LogP contribution is -2.44. The first-order chi connectivity index (χ1) is 17.7. The van der Waals surface area contributed by atoms with E-state index < -0.39 is 23.7 Å². The number of esters is 1. The molecular formula is C27H28ClN3O5S. The molecule has 194 valence electrons. The number of para-hydroxylation sites is 1. The minimum atomic E-state index is -1.30. The molecule has 0 radical (unpaired) electrons. The Labute approximate surface area is 225 Å². The van der Waals surface area contributed by atoms with Gasteiger partial charge in [0.1, 0.15) is 11.7 Å². The highest BCUT2D eigenvalue weighted by Crippen LogP contribution is 2.42. The Morgan fingerprint density at radius 3 is 2.62 bits per heavy atom.